The van der Waals surface area contributed by atoms with Crippen LogP contribution in [-0.4, -0.2) is 19.0 Å². The predicted molar refractivity (Wildman–Crippen MR) is 69.1 cm³/mol. The van der Waals surface area contributed by atoms with E-state index in [2.05, 4.69) is 33.0 Å². The molecule has 0 rings (SSSR count). The molecule has 0 aliphatic rings. The SMILES string of the molecule is CCC(CN)C(=O)NCC(C)(C)CC(C)C. The molecule has 0 bridgehead atoms. The third kappa shape index (κ3) is 6.11. The third-order valence-corrected chi connectivity index (χ3v) is 2.85. The summed E-state index contributed by atoms with van der Waals surface area (Å²) in [5.74, 6) is 0.722. The second-order valence-corrected chi connectivity index (χ2v) is 5.82. The van der Waals surface area contributed by atoms with Crippen molar-refractivity contribution in [2.45, 2.75) is 47.5 Å². The number of carbonyl (C=O) groups excluding carboxylic acids is 1. The van der Waals surface area contributed by atoms with Crippen LogP contribution in [0.25, 0.3) is 0 Å². The molecule has 3 N–H and O–H groups in total. The van der Waals surface area contributed by atoms with Crippen molar-refractivity contribution in [3.63, 3.8) is 0 Å². The van der Waals surface area contributed by atoms with Gasteiger partial charge in [0.05, 0.1) is 0 Å². The molecule has 0 saturated carbocycles. The van der Waals surface area contributed by atoms with Gasteiger partial charge in [-0.25, -0.2) is 0 Å². The zero-order chi connectivity index (χ0) is 12.8. The van der Waals surface area contributed by atoms with Gasteiger partial charge in [-0.1, -0.05) is 34.6 Å². The quantitative estimate of drug-likeness (QED) is 0.701. The minimum atomic E-state index is -0.0325. The second-order valence-electron chi connectivity index (χ2n) is 5.82. The van der Waals surface area contributed by atoms with Gasteiger partial charge in [0.15, 0.2) is 0 Å². The Morgan fingerprint density at radius 2 is 1.94 bits per heavy atom. The van der Waals surface area contributed by atoms with Crippen LogP contribution >= 0.6 is 0 Å². The molecule has 0 saturated heterocycles. The van der Waals surface area contributed by atoms with Crippen molar-refractivity contribution < 1.29 is 4.79 Å². The minimum absolute atomic E-state index is 0.0325. The highest BCUT2D eigenvalue weighted by molar-refractivity contribution is 5.78. The average Bonchev–Trinajstić information content (AvgIpc) is 2.15. The molecule has 0 aromatic heterocycles. The highest BCUT2D eigenvalue weighted by atomic mass is 16.1. The molecule has 0 radical (unpaired) electrons. The highest BCUT2D eigenvalue weighted by Crippen LogP contribution is 2.24. The first kappa shape index (κ1) is 15.4. The van der Waals surface area contributed by atoms with Gasteiger partial charge in [-0.15, -0.1) is 0 Å². The first-order valence-electron chi connectivity index (χ1n) is 6.30. The molecule has 0 aromatic carbocycles. The first-order valence-corrected chi connectivity index (χ1v) is 6.30. The average molecular weight is 228 g/mol. The smallest absolute Gasteiger partial charge is 0.224 e. The number of hydrogen-bond donors (Lipinski definition) is 2. The number of rotatable bonds is 7. The van der Waals surface area contributed by atoms with Crippen LogP contribution in [-0.2, 0) is 4.79 Å². The van der Waals surface area contributed by atoms with E-state index >= 15 is 0 Å². The zero-order valence-electron chi connectivity index (χ0n) is 11.5. The molecule has 1 atom stereocenters. The Balaban J connectivity index is 4.08. The Bertz CT molecular complexity index is 208. The Hall–Kier alpha value is -0.570. The van der Waals surface area contributed by atoms with E-state index < -0.39 is 0 Å². The van der Waals surface area contributed by atoms with E-state index in [4.69, 9.17) is 5.73 Å². The van der Waals surface area contributed by atoms with Crippen molar-refractivity contribution in [3.8, 4) is 0 Å². The van der Waals surface area contributed by atoms with Crippen molar-refractivity contribution in [1.29, 1.82) is 0 Å². The fourth-order valence-corrected chi connectivity index (χ4v) is 2.11. The number of nitrogens with two attached hydrogens (primary N) is 1. The lowest BCUT2D eigenvalue weighted by molar-refractivity contribution is -0.125. The summed E-state index contributed by atoms with van der Waals surface area (Å²) in [5, 5.41) is 3.01. The number of carbonyl (C=O) groups is 1. The Morgan fingerprint density at radius 3 is 2.31 bits per heavy atom. The highest BCUT2D eigenvalue weighted by Gasteiger charge is 2.22. The van der Waals surface area contributed by atoms with Gasteiger partial charge in [0, 0.05) is 19.0 Å². The van der Waals surface area contributed by atoms with Crippen LogP contribution in [0.15, 0.2) is 0 Å². The van der Waals surface area contributed by atoms with Crippen LogP contribution in [0.1, 0.15) is 47.5 Å². The van der Waals surface area contributed by atoms with Crippen molar-refractivity contribution >= 4 is 5.91 Å². The molecule has 3 heteroatoms. The van der Waals surface area contributed by atoms with E-state index in [9.17, 15) is 4.79 Å². The Labute approximate surface area is 100 Å². The van der Waals surface area contributed by atoms with Gasteiger partial charge >= 0.3 is 0 Å². The maximum atomic E-state index is 11.7. The van der Waals surface area contributed by atoms with Crippen LogP contribution in [0, 0.1) is 17.3 Å². The van der Waals surface area contributed by atoms with Gasteiger partial charge in [0.1, 0.15) is 0 Å². The summed E-state index contributed by atoms with van der Waals surface area (Å²) in [5.41, 5.74) is 5.71. The molecule has 16 heavy (non-hydrogen) atoms. The van der Waals surface area contributed by atoms with Crippen LogP contribution in [0.5, 0.6) is 0 Å². The molecule has 3 nitrogen and oxygen atoms in total. The molecule has 0 aliphatic heterocycles. The predicted octanol–water partition coefficient (Wildman–Crippen LogP) is 2.16. The van der Waals surface area contributed by atoms with Gasteiger partial charge in [0.25, 0.3) is 0 Å². The normalized spacial score (nSPS) is 13.9. The number of nitrogens with one attached hydrogen (secondary N) is 1. The van der Waals surface area contributed by atoms with Gasteiger partial charge < -0.3 is 11.1 Å². The Kier molecular flexibility index (Phi) is 6.65. The maximum absolute atomic E-state index is 11.7. The van der Waals surface area contributed by atoms with E-state index in [0.29, 0.717) is 12.5 Å². The zero-order valence-corrected chi connectivity index (χ0v) is 11.5. The van der Waals surface area contributed by atoms with E-state index in [1.807, 2.05) is 6.92 Å². The summed E-state index contributed by atoms with van der Waals surface area (Å²) in [6.45, 7) is 12.0. The van der Waals surface area contributed by atoms with Crippen LogP contribution in [0.4, 0.5) is 0 Å². The van der Waals surface area contributed by atoms with E-state index in [1.54, 1.807) is 0 Å². The second kappa shape index (κ2) is 6.89. The summed E-state index contributed by atoms with van der Waals surface area (Å²) in [6, 6.07) is 0. The van der Waals surface area contributed by atoms with Crippen molar-refractivity contribution in [2.75, 3.05) is 13.1 Å². The lowest BCUT2D eigenvalue weighted by Gasteiger charge is -2.27. The molecular weight excluding hydrogens is 200 g/mol. The van der Waals surface area contributed by atoms with Gasteiger partial charge in [0.2, 0.25) is 5.91 Å². The lowest BCUT2D eigenvalue weighted by Crippen LogP contribution is -2.40. The molecular formula is C13H28N2O. The first-order chi connectivity index (χ1) is 7.32. The fourth-order valence-electron chi connectivity index (χ4n) is 2.11. The van der Waals surface area contributed by atoms with Crippen molar-refractivity contribution in [3.05, 3.63) is 0 Å². The minimum Gasteiger partial charge on any atom is -0.355 e. The molecule has 0 fully saturated rings. The monoisotopic (exact) mass is 228 g/mol. The van der Waals surface area contributed by atoms with Crippen LogP contribution in [0.3, 0.4) is 0 Å². The molecule has 0 aromatic rings. The fraction of sp³-hybridized carbons (Fsp3) is 0.923. The summed E-state index contributed by atoms with van der Waals surface area (Å²) < 4.78 is 0. The summed E-state index contributed by atoms with van der Waals surface area (Å²) in [4.78, 5) is 11.7. The molecule has 0 spiro atoms. The maximum Gasteiger partial charge on any atom is 0.224 e. The van der Waals surface area contributed by atoms with E-state index in [-0.39, 0.29) is 17.2 Å². The summed E-state index contributed by atoms with van der Waals surface area (Å²) in [6.07, 6.45) is 1.93. The molecule has 1 unspecified atom stereocenters. The van der Waals surface area contributed by atoms with Gasteiger partial charge in [-0.3, -0.25) is 4.79 Å². The molecule has 1 amide bonds. The number of amides is 1. The standard InChI is InChI=1S/C13H28N2O/c1-6-11(8-14)12(16)15-9-13(4,5)7-10(2)3/h10-11H,6-9,14H2,1-5H3,(H,15,16). The van der Waals surface area contributed by atoms with Crippen LogP contribution in [0.2, 0.25) is 0 Å². The van der Waals surface area contributed by atoms with E-state index in [1.165, 1.54) is 0 Å². The lowest BCUT2D eigenvalue weighted by atomic mass is 9.84. The summed E-state index contributed by atoms with van der Waals surface area (Å²) >= 11 is 0. The third-order valence-electron chi connectivity index (χ3n) is 2.85. The van der Waals surface area contributed by atoms with Gasteiger partial charge in [-0.05, 0) is 24.2 Å². The van der Waals surface area contributed by atoms with Crippen LogP contribution < -0.4 is 11.1 Å². The summed E-state index contributed by atoms with van der Waals surface area (Å²) in [7, 11) is 0. The molecule has 0 aliphatic carbocycles. The Morgan fingerprint density at radius 1 is 1.38 bits per heavy atom. The van der Waals surface area contributed by atoms with Gasteiger partial charge in [-0.2, -0.15) is 0 Å². The van der Waals surface area contributed by atoms with Crippen molar-refractivity contribution in [2.24, 2.45) is 23.0 Å². The molecule has 0 heterocycles. The largest absolute Gasteiger partial charge is 0.355 e. The van der Waals surface area contributed by atoms with Crippen molar-refractivity contribution in [1.82, 2.24) is 5.32 Å². The topological polar surface area (TPSA) is 55.1 Å². The molecule has 96 valence electrons. The number of hydrogen-bond acceptors (Lipinski definition) is 2. The van der Waals surface area contributed by atoms with E-state index in [0.717, 1.165) is 19.4 Å².